The van der Waals surface area contributed by atoms with E-state index in [9.17, 15) is 0 Å². The molecule has 0 rings (SSSR count). The number of nitrogens with one attached hydrogen (secondary N) is 3. The van der Waals surface area contributed by atoms with Gasteiger partial charge in [0.2, 0.25) is 0 Å². The van der Waals surface area contributed by atoms with Gasteiger partial charge in [0.1, 0.15) is 6.17 Å². The Morgan fingerprint density at radius 1 is 1.17 bits per heavy atom. The maximum absolute atomic E-state index is 3.22. The van der Waals surface area contributed by atoms with Crippen molar-refractivity contribution in [2.45, 2.75) is 32.2 Å². The van der Waals surface area contributed by atoms with E-state index in [4.69, 9.17) is 0 Å². The molecule has 73 valence electrons. The zero-order valence-electron chi connectivity index (χ0n) is 8.70. The van der Waals surface area contributed by atoms with Gasteiger partial charge in [-0.05, 0) is 47.3 Å². The van der Waals surface area contributed by atoms with E-state index < -0.39 is 0 Å². The third kappa shape index (κ3) is 5.52. The van der Waals surface area contributed by atoms with E-state index >= 15 is 0 Å². The number of hydrogen-bond donors (Lipinski definition) is 3. The van der Waals surface area contributed by atoms with Gasteiger partial charge in [-0.3, -0.25) is 10.6 Å². The molecule has 0 aliphatic rings. The Labute approximate surface area is 76.3 Å². The van der Waals surface area contributed by atoms with E-state index in [0.29, 0.717) is 6.04 Å². The van der Waals surface area contributed by atoms with E-state index in [-0.39, 0.29) is 0 Å². The predicted molar refractivity (Wildman–Crippen MR) is 53.7 cm³/mol. The molecule has 3 heteroatoms. The molecular weight excluding hydrogens is 150 g/mol. The summed E-state index contributed by atoms with van der Waals surface area (Å²) in [5, 5.41) is 9.48. The molecule has 1 radical (unpaired) electrons. The van der Waals surface area contributed by atoms with Gasteiger partial charge >= 0.3 is 0 Å². The van der Waals surface area contributed by atoms with Crippen molar-refractivity contribution in [1.29, 1.82) is 0 Å². The second-order valence-corrected chi connectivity index (χ2v) is 3.06. The molecule has 0 saturated heterocycles. The van der Waals surface area contributed by atoms with Crippen molar-refractivity contribution >= 4 is 0 Å². The van der Waals surface area contributed by atoms with Gasteiger partial charge in [0.15, 0.2) is 0 Å². The van der Waals surface area contributed by atoms with E-state index in [2.05, 4.69) is 22.9 Å². The molecule has 0 saturated carbocycles. The summed E-state index contributed by atoms with van der Waals surface area (Å²) < 4.78 is 0. The predicted octanol–water partition coefficient (Wildman–Crippen LogP) is 0.693. The summed E-state index contributed by atoms with van der Waals surface area (Å²) in [4.78, 5) is 0. The molecule has 1 unspecified atom stereocenters. The van der Waals surface area contributed by atoms with Crippen LogP contribution in [0.5, 0.6) is 0 Å². The minimum atomic E-state index is 0.625. The zero-order chi connectivity index (χ0) is 9.40. The van der Waals surface area contributed by atoms with Crippen LogP contribution in [0.3, 0.4) is 0 Å². The van der Waals surface area contributed by atoms with Gasteiger partial charge in [0.25, 0.3) is 0 Å². The molecule has 0 fully saturated rings. The molecule has 12 heavy (non-hydrogen) atoms. The van der Waals surface area contributed by atoms with Crippen LogP contribution < -0.4 is 16.0 Å². The van der Waals surface area contributed by atoms with Crippen molar-refractivity contribution in [3.05, 3.63) is 6.17 Å². The molecule has 3 N–H and O–H groups in total. The van der Waals surface area contributed by atoms with Crippen LogP contribution in [0.2, 0.25) is 0 Å². The average molecular weight is 172 g/mol. The molecule has 0 aliphatic carbocycles. The maximum Gasteiger partial charge on any atom is 0.101 e. The summed E-state index contributed by atoms with van der Waals surface area (Å²) >= 11 is 0. The lowest BCUT2D eigenvalue weighted by Crippen LogP contribution is -2.29. The van der Waals surface area contributed by atoms with Crippen molar-refractivity contribution in [3.63, 3.8) is 0 Å². The van der Waals surface area contributed by atoms with Crippen LogP contribution in [0.1, 0.15) is 26.2 Å². The molecule has 0 aromatic carbocycles. The Bertz CT molecular complexity index is 91.8. The van der Waals surface area contributed by atoms with E-state index in [0.717, 1.165) is 6.42 Å². The van der Waals surface area contributed by atoms with Crippen molar-refractivity contribution in [3.8, 4) is 0 Å². The van der Waals surface area contributed by atoms with Crippen LogP contribution in [0.15, 0.2) is 0 Å². The summed E-state index contributed by atoms with van der Waals surface area (Å²) in [5.41, 5.74) is 0. The lowest BCUT2D eigenvalue weighted by Gasteiger charge is -2.15. The summed E-state index contributed by atoms with van der Waals surface area (Å²) in [6.45, 7) is 2.21. The molecule has 0 aromatic heterocycles. The van der Waals surface area contributed by atoms with Gasteiger partial charge in [-0.15, -0.1) is 0 Å². The SMILES string of the molecule is CN[C](CCCC(C)NC)NC. The van der Waals surface area contributed by atoms with E-state index in [1.807, 2.05) is 21.1 Å². The topological polar surface area (TPSA) is 36.1 Å². The molecule has 1 atom stereocenters. The van der Waals surface area contributed by atoms with Crippen LogP contribution in [0, 0.1) is 6.17 Å². The van der Waals surface area contributed by atoms with E-state index in [1.54, 1.807) is 0 Å². The van der Waals surface area contributed by atoms with Crippen LogP contribution in [0.25, 0.3) is 0 Å². The normalized spacial score (nSPS) is 13.8. The lowest BCUT2D eigenvalue weighted by molar-refractivity contribution is 0.502. The highest BCUT2D eigenvalue weighted by Gasteiger charge is 2.04. The highest BCUT2D eigenvalue weighted by Crippen LogP contribution is 2.05. The first-order valence-electron chi connectivity index (χ1n) is 4.63. The molecule has 0 amide bonds. The first-order chi connectivity index (χ1) is 5.74. The fourth-order valence-electron chi connectivity index (χ4n) is 1.10. The smallest absolute Gasteiger partial charge is 0.101 e. The summed E-state index contributed by atoms with van der Waals surface area (Å²) in [6, 6.07) is 0.625. The second-order valence-electron chi connectivity index (χ2n) is 3.06. The standard InChI is InChI=1S/C9H22N3/c1-8(10-2)6-5-7-9(11-3)12-4/h8,10-12H,5-7H2,1-4H3. The van der Waals surface area contributed by atoms with E-state index in [1.165, 1.54) is 19.0 Å². The third-order valence-corrected chi connectivity index (χ3v) is 2.16. The molecular formula is C9H22N3. The molecule has 0 bridgehead atoms. The van der Waals surface area contributed by atoms with Crippen molar-refractivity contribution in [2.75, 3.05) is 21.1 Å². The monoisotopic (exact) mass is 172 g/mol. The summed E-state index contributed by atoms with van der Waals surface area (Å²) in [6.07, 6.45) is 4.78. The van der Waals surface area contributed by atoms with Gasteiger partial charge in [-0.2, -0.15) is 0 Å². The summed E-state index contributed by atoms with van der Waals surface area (Å²) in [5.74, 6) is 0. The lowest BCUT2D eigenvalue weighted by atomic mass is 10.1. The first kappa shape index (κ1) is 11.9. The largest absolute Gasteiger partial charge is 0.317 e. The molecule has 0 spiro atoms. The van der Waals surface area contributed by atoms with Crippen molar-refractivity contribution in [2.24, 2.45) is 0 Å². The van der Waals surface area contributed by atoms with Gasteiger partial charge in [0.05, 0.1) is 0 Å². The third-order valence-electron chi connectivity index (χ3n) is 2.16. The minimum absolute atomic E-state index is 0.625. The molecule has 0 aromatic rings. The second kappa shape index (κ2) is 7.53. The highest BCUT2D eigenvalue weighted by molar-refractivity contribution is 4.79. The maximum atomic E-state index is 3.22. The van der Waals surface area contributed by atoms with Crippen LogP contribution in [0.4, 0.5) is 0 Å². The highest BCUT2D eigenvalue weighted by atomic mass is 15.1. The van der Waals surface area contributed by atoms with Crippen molar-refractivity contribution < 1.29 is 0 Å². The van der Waals surface area contributed by atoms with Crippen LogP contribution >= 0.6 is 0 Å². The van der Waals surface area contributed by atoms with Gasteiger partial charge in [0, 0.05) is 6.04 Å². The van der Waals surface area contributed by atoms with Gasteiger partial charge in [-0.25, -0.2) is 0 Å². The Morgan fingerprint density at radius 3 is 2.17 bits per heavy atom. The molecule has 3 nitrogen and oxygen atoms in total. The minimum Gasteiger partial charge on any atom is -0.317 e. The Balaban J connectivity index is 3.28. The van der Waals surface area contributed by atoms with Crippen LogP contribution in [-0.2, 0) is 0 Å². The average Bonchev–Trinajstić information content (AvgIpc) is 2.12. The number of rotatable bonds is 7. The Morgan fingerprint density at radius 2 is 1.75 bits per heavy atom. The fourth-order valence-corrected chi connectivity index (χ4v) is 1.10. The fraction of sp³-hybridized carbons (Fsp3) is 0.889. The quantitative estimate of drug-likeness (QED) is 0.529. The summed E-state index contributed by atoms with van der Waals surface area (Å²) in [7, 11) is 5.91. The Hall–Kier alpha value is -0.120. The molecule has 0 aliphatic heterocycles. The van der Waals surface area contributed by atoms with Gasteiger partial charge in [-0.1, -0.05) is 0 Å². The number of hydrogen-bond acceptors (Lipinski definition) is 3. The zero-order valence-corrected chi connectivity index (χ0v) is 8.70. The molecule has 0 heterocycles. The van der Waals surface area contributed by atoms with Crippen LogP contribution in [-0.4, -0.2) is 27.2 Å². The van der Waals surface area contributed by atoms with Gasteiger partial charge < -0.3 is 5.32 Å². The first-order valence-corrected chi connectivity index (χ1v) is 4.63. The van der Waals surface area contributed by atoms with Crippen molar-refractivity contribution in [1.82, 2.24) is 16.0 Å². The Kier molecular flexibility index (Phi) is 7.45.